The summed E-state index contributed by atoms with van der Waals surface area (Å²) in [7, 11) is 0. The first-order valence-corrected chi connectivity index (χ1v) is 8.67. The third-order valence-electron chi connectivity index (χ3n) is 3.85. The van der Waals surface area contributed by atoms with Gasteiger partial charge in [-0.3, -0.25) is 0 Å². The van der Waals surface area contributed by atoms with Crippen molar-refractivity contribution in [1.82, 2.24) is 0 Å². The lowest BCUT2D eigenvalue weighted by Crippen LogP contribution is -2.24. The van der Waals surface area contributed by atoms with E-state index in [1.165, 1.54) is 31.2 Å². The molecular weight excluding hydrogens is 274 g/mol. The number of hydrogen-bond acceptors (Lipinski definition) is 3. The number of ether oxygens (including phenoxy) is 2. The molecule has 0 aliphatic carbocycles. The molecule has 0 bridgehead atoms. The van der Waals surface area contributed by atoms with Gasteiger partial charge in [-0.25, -0.2) is 0 Å². The molecule has 1 unspecified atom stereocenters. The van der Waals surface area contributed by atoms with Gasteiger partial charge in [-0.15, -0.1) is 0 Å². The number of hydrogen-bond donors (Lipinski definition) is 1. The zero-order valence-corrected chi connectivity index (χ0v) is 13.9. The quantitative estimate of drug-likeness (QED) is 0.601. The summed E-state index contributed by atoms with van der Waals surface area (Å²) in [6, 6.07) is 6.18. The van der Waals surface area contributed by atoms with Crippen LogP contribution in [0.25, 0.3) is 6.08 Å². The molecule has 0 saturated carbocycles. The summed E-state index contributed by atoms with van der Waals surface area (Å²) < 4.78 is 11.8. The Morgan fingerprint density at radius 1 is 1.00 bits per heavy atom. The normalized spacial score (nSPS) is 16.2. The van der Waals surface area contributed by atoms with Crippen LogP contribution in [0.1, 0.15) is 57.9 Å². The average Bonchev–Trinajstić information content (AvgIpc) is 2.56. The van der Waals surface area contributed by atoms with Gasteiger partial charge < -0.3 is 14.8 Å². The van der Waals surface area contributed by atoms with Gasteiger partial charge in [0.25, 0.3) is 0 Å². The van der Waals surface area contributed by atoms with Crippen molar-refractivity contribution in [1.29, 1.82) is 0 Å². The maximum absolute atomic E-state index is 5.95. The molecule has 1 aromatic carbocycles. The van der Waals surface area contributed by atoms with E-state index in [0.717, 1.165) is 37.5 Å². The molecule has 1 aliphatic rings. The number of nitrogens with one attached hydrogen (secondary N) is 1. The van der Waals surface area contributed by atoms with E-state index in [2.05, 4.69) is 37.4 Å². The minimum atomic E-state index is -0.0512. The summed E-state index contributed by atoms with van der Waals surface area (Å²) in [4.78, 5) is 0. The molecule has 1 aliphatic heterocycles. The van der Waals surface area contributed by atoms with Crippen molar-refractivity contribution in [2.75, 3.05) is 18.5 Å². The molecule has 0 fully saturated rings. The van der Waals surface area contributed by atoms with Gasteiger partial charge in [0, 0.05) is 12.2 Å². The van der Waals surface area contributed by atoms with Gasteiger partial charge >= 0.3 is 0 Å². The van der Waals surface area contributed by atoms with Crippen molar-refractivity contribution >= 4 is 11.8 Å². The van der Waals surface area contributed by atoms with Crippen molar-refractivity contribution in [2.45, 2.75) is 58.6 Å². The van der Waals surface area contributed by atoms with E-state index in [0.29, 0.717) is 0 Å². The number of benzene rings is 1. The van der Waals surface area contributed by atoms with Gasteiger partial charge in [-0.2, -0.15) is 0 Å². The maximum atomic E-state index is 5.95. The second-order valence-corrected chi connectivity index (χ2v) is 5.78. The van der Waals surface area contributed by atoms with Crippen LogP contribution in [0.2, 0.25) is 0 Å². The van der Waals surface area contributed by atoms with Crippen LogP contribution in [0.15, 0.2) is 24.3 Å². The number of rotatable bonds is 10. The molecular formula is C19H29NO2. The first-order valence-electron chi connectivity index (χ1n) is 8.67. The Labute approximate surface area is 134 Å². The van der Waals surface area contributed by atoms with E-state index in [1.807, 2.05) is 12.1 Å². The van der Waals surface area contributed by atoms with Crippen LogP contribution in [0, 0.1) is 0 Å². The summed E-state index contributed by atoms with van der Waals surface area (Å²) in [5.41, 5.74) is 2.23. The van der Waals surface area contributed by atoms with Crippen molar-refractivity contribution in [3.63, 3.8) is 0 Å². The number of para-hydroxylation sites is 1. The lowest BCUT2D eigenvalue weighted by Gasteiger charge is -2.24. The first kappa shape index (κ1) is 16.9. The van der Waals surface area contributed by atoms with Crippen LogP contribution in [-0.4, -0.2) is 19.4 Å². The highest BCUT2D eigenvalue weighted by molar-refractivity contribution is 5.75. The highest BCUT2D eigenvalue weighted by Gasteiger charge is 2.16. The Kier molecular flexibility index (Phi) is 7.31. The fourth-order valence-corrected chi connectivity index (χ4v) is 2.54. The Bertz CT molecular complexity index is 471. The molecule has 1 N–H and O–H groups in total. The van der Waals surface area contributed by atoms with Gasteiger partial charge in [0.15, 0.2) is 0 Å². The molecule has 0 saturated heterocycles. The lowest BCUT2D eigenvalue weighted by atomic mass is 10.1. The molecule has 1 heterocycles. The molecule has 0 amide bonds. The Morgan fingerprint density at radius 3 is 2.55 bits per heavy atom. The molecule has 22 heavy (non-hydrogen) atoms. The second kappa shape index (κ2) is 9.52. The van der Waals surface area contributed by atoms with Crippen molar-refractivity contribution in [2.24, 2.45) is 0 Å². The third kappa shape index (κ3) is 5.06. The monoisotopic (exact) mass is 303 g/mol. The van der Waals surface area contributed by atoms with E-state index in [4.69, 9.17) is 9.47 Å². The summed E-state index contributed by atoms with van der Waals surface area (Å²) in [6.45, 7) is 5.98. The second-order valence-electron chi connectivity index (χ2n) is 5.78. The summed E-state index contributed by atoms with van der Waals surface area (Å²) in [6.07, 6.45) is 11.2. The van der Waals surface area contributed by atoms with E-state index in [-0.39, 0.29) is 6.23 Å². The SMILES string of the molecule is CCCCCOc1cccc2c1NC(OCCCCC)C=C2. The smallest absolute Gasteiger partial charge is 0.147 e. The van der Waals surface area contributed by atoms with Crippen molar-refractivity contribution in [3.8, 4) is 5.75 Å². The van der Waals surface area contributed by atoms with Crippen LogP contribution in [0.4, 0.5) is 5.69 Å². The largest absolute Gasteiger partial charge is 0.491 e. The van der Waals surface area contributed by atoms with Gasteiger partial charge in [0.1, 0.15) is 12.0 Å². The fourth-order valence-electron chi connectivity index (χ4n) is 2.54. The van der Waals surface area contributed by atoms with Crippen LogP contribution in [0.5, 0.6) is 5.75 Å². The fraction of sp³-hybridized carbons (Fsp3) is 0.579. The van der Waals surface area contributed by atoms with Crippen LogP contribution < -0.4 is 10.1 Å². The molecule has 122 valence electrons. The number of anilines is 1. The molecule has 2 rings (SSSR count). The zero-order valence-electron chi connectivity index (χ0n) is 13.9. The average molecular weight is 303 g/mol. The predicted octanol–water partition coefficient (Wildman–Crippen LogP) is 5.23. The number of fused-ring (bicyclic) bond motifs is 1. The molecule has 3 nitrogen and oxygen atoms in total. The van der Waals surface area contributed by atoms with Crippen LogP contribution >= 0.6 is 0 Å². The predicted molar refractivity (Wildman–Crippen MR) is 93.4 cm³/mol. The third-order valence-corrected chi connectivity index (χ3v) is 3.85. The lowest BCUT2D eigenvalue weighted by molar-refractivity contribution is 0.0994. The summed E-state index contributed by atoms with van der Waals surface area (Å²) in [5.74, 6) is 0.931. The van der Waals surface area contributed by atoms with Gasteiger partial charge in [-0.1, -0.05) is 57.7 Å². The highest BCUT2D eigenvalue weighted by atomic mass is 16.5. The zero-order chi connectivity index (χ0) is 15.6. The van der Waals surface area contributed by atoms with Gasteiger partial charge in [-0.05, 0) is 25.0 Å². The van der Waals surface area contributed by atoms with Crippen LogP contribution in [-0.2, 0) is 4.74 Å². The van der Waals surface area contributed by atoms with E-state index >= 15 is 0 Å². The molecule has 0 radical (unpaired) electrons. The minimum Gasteiger partial charge on any atom is -0.491 e. The van der Waals surface area contributed by atoms with Crippen LogP contribution in [0.3, 0.4) is 0 Å². The number of unbranched alkanes of at least 4 members (excludes halogenated alkanes) is 4. The standard InChI is InChI=1S/C19H29NO2/c1-3-5-7-14-21-17-11-9-10-16-12-13-18(20-19(16)17)22-15-8-6-4-2/h9-13,18,20H,3-8,14-15H2,1-2H3. The summed E-state index contributed by atoms with van der Waals surface area (Å²) >= 11 is 0. The highest BCUT2D eigenvalue weighted by Crippen LogP contribution is 2.33. The van der Waals surface area contributed by atoms with E-state index < -0.39 is 0 Å². The molecule has 1 atom stereocenters. The maximum Gasteiger partial charge on any atom is 0.147 e. The van der Waals surface area contributed by atoms with Gasteiger partial charge in [0.2, 0.25) is 0 Å². The summed E-state index contributed by atoms with van der Waals surface area (Å²) in [5, 5.41) is 3.45. The molecule has 0 aromatic heterocycles. The molecule has 1 aromatic rings. The van der Waals surface area contributed by atoms with Gasteiger partial charge in [0.05, 0.1) is 12.3 Å². The minimum absolute atomic E-state index is 0.0512. The first-order chi connectivity index (χ1) is 10.8. The molecule has 0 spiro atoms. The van der Waals surface area contributed by atoms with E-state index in [9.17, 15) is 0 Å². The Balaban J connectivity index is 1.90. The van der Waals surface area contributed by atoms with Crippen molar-refractivity contribution < 1.29 is 9.47 Å². The topological polar surface area (TPSA) is 30.5 Å². The Hall–Kier alpha value is -1.48. The molecule has 3 heteroatoms. The van der Waals surface area contributed by atoms with E-state index in [1.54, 1.807) is 0 Å². The van der Waals surface area contributed by atoms with Crippen molar-refractivity contribution in [3.05, 3.63) is 29.8 Å². The Morgan fingerprint density at radius 2 is 1.77 bits per heavy atom.